The van der Waals surface area contributed by atoms with E-state index < -0.39 is 41.2 Å². The smallest absolute Gasteiger partial charge is 0.404 e. The molecular formula is C48H53F9IrNO2S-. The van der Waals surface area contributed by atoms with Crippen molar-refractivity contribution in [3.63, 3.8) is 0 Å². The van der Waals surface area contributed by atoms with Gasteiger partial charge in [-0.2, -0.15) is 39.5 Å². The van der Waals surface area contributed by atoms with Crippen molar-refractivity contribution in [1.82, 2.24) is 4.98 Å². The molecule has 0 saturated heterocycles. The molecule has 0 amide bonds. The fourth-order valence-corrected chi connectivity index (χ4v) is 8.71. The molecule has 0 saturated carbocycles. The van der Waals surface area contributed by atoms with Gasteiger partial charge in [0.25, 0.3) is 0 Å². The number of halogens is 9. The van der Waals surface area contributed by atoms with Crippen LogP contribution in [0.3, 0.4) is 0 Å². The number of aryl methyl sites for hydroxylation is 3. The van der Waals surface area contributed by atoms with E-state index in [1.807, 2.05) is 44.2 Å². The average Bonchev–Trinajstić information content (AvgIpc) is 3.41. The fraction of sp³-hybridized carbons (Fsp3) is 0.458. The van der Waals surface area contributed by atoms with Crippen LogP contribution in [0.5, 0.6) is 0 Å². The number of hydrogen-bond acceptors (Lipinski definition) is 4. The van der Waals surface area contributed by atoms with E-state index >= 15 is 0 Å². The molecule has 1 radical (unpaired) electrons. The van der Waals surface area contributed by atoms with E-state index in [0.29, 0.717) is 27.8 Å². The van der Waals surface area contributed by atoms with Gasteiger partial charge in [-0.25, -0.2) is 0 Å². The average molecular weight is 1070 g/mol. The number of pyridine rings is 1. The molecule has 0 atom stereocenters. The first-order chi connectivity index (χ1) is 27.6. The molecule has 0 aliphatic heterocycles. The van der Waals surface area contributed by atoms with Crippen LogP contribution in [0, 0.1) is 43.6 Å². The number of aromatic nitrogens is 1. The number of hydrogen-bond donors (Lipinski definition) is 1. The Morgan fingerprint density at radius 3 is 1.84 bits per heavy atom. The van der Waals surface area contributed by atoms with E-state index in [4.69, 9.17) is 0 Å². The van der Waals surface area contributed by atoms with Crippen LogP contribution in [0.2, 0.25) is 0 Å². The van der Waals surface area contributed by atoms with Crippen LogP contribution in [0.15, 0.2) is 60.5 Å². The van der Waals surface area contributed by atoms with Crippen molar-refractivity contribution in [2.45, 2.75) is 126 Å². The Kier molecular flexibility index (Phi) is 15.6. The SMILES string of the molecule is CC(C)/C(O)=C/C(=O)C(C)(C)C(F)(F)F.Cc1cc(CC(C)(C)C)cc(C)c1-c1sc2c(-c3[c-]c4ccccc4c(C(C)(C)C)c3)ncc(C(C(F)(F)F)C(F)(F)F)c2c1C.[Ir]. The van der Waals surface area contributed by atoms with Crippen LogP contribution >= 0.6 is 11.3 Å². The third-order valence-electron chi connectivity index (χ3n) is 10.5. The van der Waals surface area contributed by atoms with Gasteiger partial charge in [0.2, 0.25) is 0 Å². The van der Waals surface area contributed by atoms with Crippen LogP contribution in [0.4, 0.5) is 39.5 Å². The normalized spacial score (nSPS) is 13.5. The summed E-state index contributed by atoms with van der Waals surface area (Å²) >= 11 is 1.20. The monoisotopic (exact) mass is 1070 g/mol. The molecule has 62 heavy (non-hydrogen) atoms. The van der Waals surface area contributed by atoms with Gasteiger partial charge in [0.05, 0.1) is 5.76 Å². The Labute approximate surface area is 375 Å². The number of fused-ring (bicyclic) bond motifs is 2. The second kappa shape index (κ2) is 18.4. The fourth-order valence-electron chi connectivity index (χ4n) is 7.20. The first-order valence-corrected chi connectivity index (χ1v) is 20.5. The largest absolute Gasteiger partial charge is 0.512 e. The molecule has 5 aromatic rings. The predicted molar refractivity (Wildman–Crippen MR) is 228 cm³/mol. The van der Waals surface area contributed by atoms with Crippen molar-refractivity contribution in [3.05, 3.63) is 99.9 Å². The zero-order valence-corrected chi connectivity index (χ0v) is 40.2. The number of aliphatic hydroxyl groups is 1. The second-order valence-electron chi connectivity index (χ2n) is 18.8. The molecule has 14 heteroatoms. The molecule has 0 unspecified atom stereocenters. The summed E-state index contributed by atoms with van der Waals surface area (Å²) in [5.41, 5.74) is 2.37. The topological polar surface area (TPSA) is 50.2 Å². The number of alkyl halides is 9. The van der Waals surface area contributed by atoms with Gasteiger partial charge in [0.1, 0.15) is 5.41 Å². The van der Waals surface area contributed by atoms with Crippen molar-refractivity contribution < 1.29 is 69.5 Å². The molecule has 5 rings (SSSR count). The van der Waals surface area contributed by atoms with Crippen LogP contribution in [-0.2, 0) is 36.7 Å². The third kappa shape index (κ3) is 11.5. The Morgan fingerprint density at radius 1 is 0.839 bits per heavy atom. The second-order valence-corrected chi connectivity index (χ2v) is 19.8. The van der Waals surface area contributed by atoms with Gasteiger partial charge < -0.3 is 5.11 Å². The van der Waals surface area contributed by atoms with E-state index in [1.165, 1.54) is 11.3 Å². The van der Waals surface area contributed by atoms with Crippen molar-refractivity contribution in [2.24, 2.45) is 16.7 Å². The van der Waals surface area contributed by atoms with E-state index in [2.05, 4.69) is 64.7 Å². The Bertz CT molecular complexity index is 2420. The van der Waals surface area contributed by atoms with E-state index in [0.717, 1.165) is 65.1 Å². The van der Waals surface area contributed by atoms with Gasteiger partial charge in [-0.1, -0.05) is 96.7 Å². The van der Waals surface area contributed by atoms with E-state index in [-0.39, 0.29) is 52.7 Å². The maximum absolute atomic E-state index is 14.2. The molecule has 0 fully saturated rings. The summed E-state index contributed by atoms with van der Waals surface area (Å²) < 4.78 is 123. The molecule has 3 nitrogen and oxygen atoms in total. The van der Waals surface area contributed by atoms with Crippen molar-refractivity contribution in [3.8, 4) is 21.7 Å². The number of aliphatic hydroxyl groups excluding tert-OH is 1. The van der Waals surface area contributed by atoms with Gasteiger partial charge >= 0.3 is 18.5 Å². The van der Waals surface area contributed by atoms with Crippen molar-refractivity contribution in [2.75, 3.05) is 0 Å². The number of nitrogens with zero attached hydrogens (tertiary/aromatic N) is 1. The van der Waals surface area contributed by atoms with Crippen molar-refractivity contribution in [1.29, 1.82) is 0 Å². The molecular weight excluding hydrogens is 1020 g/mol. The van der Waals surface area contributed by atoms with Crippen LogP contribution in [-0.4, -0.2) is 34.4 Å². The standard InChI is InChI=1S/C38H38F6NS.C10H15F3O2.Ir/c1-20-14-23(18-35(4,5)6)15-21(2)29(20)32-22(3)30-27(34(37(39,40)41)38(42,43)44)19-45-31(33(30)46-32)25-16-24-12-10-11-13-26(24)28(17-25)36(7,8)9;1-6(2)7(14)5-8(15)9(3,4)10(11,12)13;/h10-15,17,19,34H,18H2,1-9H3;5-6,14H,1-4H3;/q-1;;/b;7-5-;. The number of rotatable bonds is 7. The third-order valence-corrected chi connectivity index (χ3v) is 11.9. The number of carbonyl (C=O) groups excluding carboxylic acids is 1. The van der Waals surface area contributed by atoms with Crippen LogP contribution in [0.25, 0.3) is 42.6 Å². The zero-order valence-electron chi connectivity index (χ0n) is 37.0. The molecule has 1 N–H and O–H groups in total. The van der Waals surface area contributed by atoms with Gasteiger partial charge in [-0.3, -0.25) is 9.78 Å². The maximum Gasteiger partial charge on any atom is 0.404 e. The summed E-state index contributed by atoms with van der Waals surface area (Å²) in [6, 6.07) is 17.1. The van der Waals surface area contributed by atoms with Gasteiger partial charge in [-0.15, -0.1) is 40.5 Å². The molecule has 0 spiro atoms. The van der Waals surface area contributed by atoms with Gasteiger partial charge in [0, 0.05) is 53.6 Å². The van der Waals surface area contributed by atoms with Crippen LogP contribution < -0.4 is 0 Å². The number of allylic oxidation sites excluding steroid dienone is 2. The van der Waals surface area contributed by atoms with Crippen molar-refractivity contribution >= 4 is 38.0 Å². The molecule has 0 aliphatic rings. The Balaban J connectivity index is 0.000000548. The number of thiophene rings is 1. The summed E-state index contributed by atoms with van der Waals surface area (Å²) in [5, 5.41) is 10.9. The minimum absolute atomic E-state index is 0. The first kappa shape index (κ1) is 52.6. The molecule has 3 aromatic carbocycles. The zero-order chi connectivity index (χ0) is 46.6. The maximum atomic E-state index is 14.2. The number of benzene rings is 3. The van der Waals surface area contributed by atoms with Crippen LogP contribution in [0.1, 0.15) is 109 Å². The van der Waals surface area contributed by atoms with Gasteiger partial charge in [-0.05, 0) is 90.6 Å². The molecule has 2 aromatic heterocycles. The number of carbonyl (C=O) groups is 1. The predicted octanol–water partition coefficient (Wildman–Crippen LogP) is 15.8. The first-order valence-electron chi connectivity index (χ1n) is 19.7. The Morgan fingerprint density at radius 2 is 1.37 bits per heavy atom. The van der Waals surface area contributed by atoms with E-state index in [1.54, 1.807) is 20.8 Å². The Hall–Kier alpha value is -3.74. The summed E-state index contributed by atoms with van der Waals surface area (Å²) in [4.78, 5) is 16.3. The molecule has 0 bridgehead atoms. The molecule has 0 aliphatic carbocycles. The summed E-state index contributed by atoms with van der Waals surface area (Å²) in [7, 11) is 0. The minimum atomic E-state index is -5.56. The molecule has 341 valence electrons. The van der Waals surface area contributed by atoms with Gasteiger partial charge in [0.15, 0.2) is 11.7 Å². The number of ketones is 1. The summed E-state index contributed by atoms with van der Waals surface area (Å²) in [6.45, 7) is 22.9. The minimum Gasteiger partial charge on any atom is -0.512 e. The summed E-state index contributed by atoms with van der Waals surface area (Å²) in [6.07, 6.45) is -13.5. The quantitative estimate of drug-likeness (QED) is 0.0765. The summed E-state index contributed by atoms with van der Waals surface area (Å²) in [5.74, 6) is -5.51. The van der Waals surface area contributed by atoms with E-state index in [9.17, 15) is 49.4 Å². The molecule has 2 heterocycles.